The van der Waals surface area contributed by atoms with Gasteiger partial charge in [0.05, 0.1) is 5.69 Å². The van der Waals surface area contributed by atoms with E-state index in [1.165, 1.54) is 60.7 Å². The van der Waals surface area contributed by atoms with Crippen LogP contribution in [0.25, 0.3) is 11.0 Å². The van der Waals surface area contributed by atoms with Crippen LogP contribution in [0.2, 0.25) is 0 Å². The van der Waals surface area contributed by atoms with E-state index >= 15 is 0 Å². The highest BCUT2D eigenvalue weighted by Crippen LogP contribution is 2.35. The number of benzene rings is 1. The summed E-state index contributed by atoms with van der Waals surface area (Å²) in [6.45, 7) is 7.06. The van der Waals surface area contributed by atoms with E-state index in [4.69, 9.17) is 4.52 Å². The topological polar surface area (TPSA) is 61.2 Å². The average molecular weight is 488 g/mol. The Balaban J connectivity index is 1.18. The number of rotatable bonds is 11. The summed E-state index contributed by atoms with van der Waals surface area (Å²) >= 11 is 0. The third-order valence-corrected chi connectivity index (χ3v) is 8.29. The Morgan fingerprint density at radius 3 is 2.47 bits per heavy atom. The molecule has 3 aromatic rings. The molecule has 192 valence electrons. The van der Waals surface area contributed by atoms with E-state index in [0.29, 0.717) is 0 Å². The van der Waals surface area contributed by atoms with Crippen molar-refractivity contribution in [1.82, 2.24) is 19.5 Å². The maximum atomic E-state index is 9.32. The molecule has 0 unspecified atom stereocenters. The average Bonchev–Trinajstić information content (AvgIpc) is 3.49. The zero-order valence-corrected chi connectivity index (χ0v) is 22.3. The smallest absolute Gasteiger partial charge is 0.171 e. The molecule has 36 heavy (non-hydrogen) atoms. The first-order valence-electron chi connectivity index (χ1n) is 13.9. The van der Waals surface area contributed by atoms with Gasteiger partial charge in [-0.2, -0.15) is 5.26 Å². The van der Waals surface area contributed by atoms with Crippen molar-refractivity contribution in [3.8, 4) is 6.07 Å². The van der Waals surface area contributed by atoms with Crippen molar-refractivity contribution in [2.75, 3.05) is 27.2 Å². The van der Waals surface area contributed by atoms with E-state index in [2.05, 4.69) is 64.8 Å². The maximum absolute atomic E-state index is 9.32. The Morgan fingerprint density at radius 2 is 1.78 bits per heavy atom. The molecule has 0 N–H and O–H groups in total. The van der Waals surface area contributed by atoms with Crippen molar-refractivity contribution in [3.05, 3.63) is 52.5 Å². The first kappa shape index (κ1) is 25.0. The summed E-state index contributed by atoms with van der Waals surface area (Å²) in [6, 6.07) is 11.0. The summed E-state index contributed by atoms with van der Waals surface area (Å²) < 4.78 is 8.13. The molecule has 2 aliphatic rings. The van der Waals surface area contributed by atoms with Crippen molar-refractivity contribution < 1.29 is 4.52 Å². The number of piperidine rings is 1. The Bertz CT molecular complexity index is 1200. The van der Waals surface area contributed by atoms with Crippen molar-refractivity contribution in [2.45, 2.75) is 77.9 Å². The van der Waals surface area contributed by atoms with Crippen molar-refractivity contribution >= 4 is 11.0 Å². The molecule has 2 fully saturated rings. The molecule has 1 saturated carbocycles. The van der Waals surface area contributed by atoms with Crippen LogP contribution in [0.4, 0.5) is 0 Å². The monoisotopic (exact) mass is 487 g/mol. The van der Waals surface area contributed by atoms with Gasteiger partial charge < -0.3 is 14.0 Å². The molecule has 0 atom stereocenters. The minimum atomic E-state index is 0.736. The summed E-state index contributed by atoms with van der Waals surface area (Å²) in [5.41, 5.74) is 6.94. The number of nitrogens with zero attached hydrogens (tertiary/aromatic N) is 5. The molecule has 5 rings (SSSR count). The van der Waals surface area contributed by atoms with Crippen LogP contribution in [-0.4, -0.2) is 46.7 Å². The van der Waals surface area contributed by atoms with Gasteiger partial charge in [0.2, 0.25) is 0 Å². The fourth-order valence-electron chi connectivity index (χ4n) is 5.94. The first-order valence-corrected chi connectivity index (χ1v) is 13.9. The zero-order valence-electron chi connectivity index (χ0n) is 22.3. The minimum Gasteiger partial charge on any atom is -0.356 e. The van der Waals surface area contributed by atoms with Gasteiger partial charge >= 0.3 is 0 Å². The van der Waals surface area contributed by atoms with Gasteiger partial charge in [-0.25, -0.2) is 0 Å². The molecule has 1 saturated heterocycles. The van der Waals surface area contributed by atoms with E-state index in [-0.39, 0.29) is 0 Å². The molecule has 0 amide bonds. The lowest BCUT2D eigenvalue weighted by molar-refractivity contribution is 0.169. The largest absolute Gasteiger partial charge is 0.356 e. The molecular weight excluding hydrogens is 446 g/mol. The number of hydrogen-bond acceptors (Lipinski definition) is 5. The molecule has 0 radical (unpaired) electrons. The van der Waals surface area contributed by atoms with Crippen molar-refractivity contribution in [3.63, 3.8) is 0 Å². The molecule has 6 nitrogen and oxygen atoms in total. The molecule has 1 aliphatic heterocycles. The van der Waals surface area contributed by atoms with Gasteiger partial charge in [0.15, 0.2) is 5.58 Å². The van der Waals surface area contributed by atoms with E-state index in [0.717, 1.165) is 74.4 Å². The molecule has 6 heteroatoms. The number of aromatic nitrogens is 2. The van der Waals surface area contributed by atoms with Crippen LogP contribution in [0.3, 0.4) is 0 Å². The second-order valence-electron chi connectivity index (χ2n) is 11.3. The van der Waals surface area contributed by atoms with Crippen molar-refractivity contribution in [2.24, 2.45) is 11.8 Å². The normalized spacial score (nSPS) is 17.3. The van der Waals surface area contributed by atoms with E-state index in [9.17, 15) is 5.26 Å². The van der Waals surface area contributed by atoms with Gasteiger partial charge in [-0.1, -0.05) is 24.1 Å². The SMILES string of the molecule is CCn1c(C#N)ccc1CN1CCC(CCc2noc3c(CN(C)C)c(CCC4CC4)ccc23)CC1. The number of aryl methyl sites for hydroxylation is 2. The highest BCUT2D eigenvalue weighted by Gasteiger charge is 2.24. The number of likely N-dealkylation sites (tertiary alicyclic amines) is 1. The lowest BCUT2D eigenvalue weighted by Gasteiger charge is -2.32. The van der Waals surface area contributed by atoms with E-state index < -0.39 is 0 Å². The van der Waals surface area contributed by atoms with Gasteiger partial charge in [0, 0.05) is 36.3 Å². The summed E-state index contributed by atoms with van der Waals surface area (Å²) in [5.74, 6) is 1.68. The number of fused-ring (bicyclic) bond motifs is 1. The second-order valence-corrected chi connectivity index (χ2v) is 11.3. The molecule has 3 heterocycles. The predicted molar refractivity (Wildman–Crippen MR) is 144 cm³/mol. The van der Waals surface area contributed by atoms with Crippen LogP contribution in [0.5, 0.6) is 0 Å². The fraction of sp³-hybridized carbons (Fsp3) is 0.600. The standard InChI is InChI=1S/C30H41N5O/c1-4-35-25(19-31)11-12-26(35)20-34-17-15-23(16-18-34)8-14-29-27-13-10-24(9-7-22-5-6-22)28(21-33(2)3)30(27)36-32-29/h10-13,22-23H,4-9,14-18,20-21H2,1-3H3. The van der Waals surface area contributed by atoms with Gasteiger partial charge in [-0.15, -0.1) is 0 Å². The highest BCUT2D eigenvalue weighted by molar-refractivity contribution is 5.83. The van der Waals surface area contributed by atoms with Crippen LogP contribution in [0.15, 0.2) is 28.8 Å². The van der Waals surface area contributed by atoms with Crippen molar-refractivity contribution in [1.29, 1.82) is 5.26 Å². The minimum absolute atomic E-state index is 0.736. The summed E-state index contributed by atoms with van der Waals surface area (Å²) in [7, 11) is 4.27. The molecule has 0 bridgehead atoms. The summed E-state index contributed by atoms with van der Waals surface area (Å²) in [5, 5.41) is 15.1. The number of hydrogen-bond donors (Lipinski definition) is 0. The van der Waals surface area contributed by atoms with E-state index in [1.807, 2.05) is 6.07 Å². The predicted octanol–water partition coefficient (Wildman–Crippen LogP) is 5.77. The fourth-order valence-corrected chi connectivity index (χ4v) is 5.94. The molecule has 1 aromatic carbocycles. The molecule has 0 spiro atoms. The third kappa shape index (κ3) is 5.68. The van der Waals surface area contributed by atoms with Crippen LogP contribution < -0.4 is 0 Å². The lowest BCUT2D eigenvalue weighted by Crippen LogP contribution is -2.34. The quantitative estimate of drug-likeness (QED) is 0.344. The molecular formula is C30H41N5O. The Morgan fingerprint density at radius 1 is 1.03 bits per heavy atom. The molecule has 1 aliphatic carbocycles. The Labute approximate surface area is 215 Å². The second kappa shape index (κ2) is 11.2. The van der Waals surface area contributed by atoms with Gasteiger partial charge in [0.1, 0.15) is 11.8 Å². The lowest BCUT2D eigenvalue weighted by atomic mass is 9.90. The number of nitriles is 1. The Kier molecular flexibility index (Phi) is 7.79. The van der Waals surface area contributed by atoms with Crippen LogP contribution >= 0.6 is 0 Å². The van der Waals surface area contributed by atoms with Crippen LogP contribution in [0, 0.1) is 23.2 Å². The summed E-state index contributed by atoms with van der Waals surface area (Å²) in [4.78, 5) is 4.78. The summed E-state index contributed by atoms with van der Waals surface area (Å²) in [6.07, 6.45) is 9.89. The van der Waals surface area contributed by atoms with Crippen LogP contribution in [0.1, 0.15) is 73.7 Å². The van der Waals surface area contributed by atoms with Gasteiger partial charge in [-0.05, 0) is 108 Å². The first-order chi connectivity index (χ1) is 17.6. The third-order valence-electron chi connectivity index (χ3n) is 8.29. The van der Waals surface area contributed by atoms with Crippen LogP contribution in [-0.2, 0) is 32.5 Å². The van der Waals surface area contributed by atoms with Gasteiger partial charge in [-0.3, -0.25) is 4.90 Å². The van der Waals surface area contributed by atoms with Gasteiger partial charge in [0.25, 0.3) is 0 Å². The van der Waals surface area contributed by atoms with E-state index in [1.54, 1.807) is 0 Å². The zero-order chi connectivity index (χ0) is 25.1. The maximum Gasteiger partial charge on any atom is 0.171 e. The molecule has 2 aromatic heterocycles. The Hall–Kier alpha value is -2.62. The highest BCUT2D eigenvalue weighted by atomic mass is 16.5.